The summed E-state index contributed by atoms with van der Waals surface area (Å²) in [6, 6.07) is 13.9. The summed E-state index contributed by atoms with van der Waals surface area (Å²) in [4.78, 5) is 12.2. The highest BCUT2D eigenvalue weighted by atomic mass is 79.9. The summed E-state index contributed by atoms with van der Waals surface area (Å²) < 4.78 is 31.2. The Kier molecular flexibility index (Phi) is 7.77. The van der Waals surface area contributed by atoms with Gasteiger partial charge in [0.15, 0.2) is 0 Å². The molecule has 0 saturated carbocycles. The molecule has 0 heterocycles. The van der Waals surface area contributed by atoms with Crippen molar-refractivity contribution >= 4 is 43.8 Å². The number of anilines is 1. The first-order valence-electron chi connectivity index (χ1n) is 8.19. The Balaban J connectivity index is 2.05. The Morgan fingerprint density at radius 1 is 1.29 bits per heavy atom. The molecule has 2 aromatic rings. The fourth-order valence-corrected chi connectivity index (χ4v) is 3.70. The molecular weight excluding hydrogens is 446 g/mol. The van der Waals surface area contributed by atoms with Crippen molar-refractivity contribution < 1.29 is 17.9 Å². The minimum atomic E-state index is -3.66. The number of carbonyl (C=O) groups excluding carboxylic acids is 1. The van der Waals surface area contributed by atoms with Crippen LogP contribution >= 0.6 is 15.9 Å². The van der Waals surface area contributed by atoms with Gasteiger partial charge >= 0.3 is 0 Å². The van der Waals surface area contributed by atoms with Crippen molar-refractivity contribution in [2.45, 2.75) is 0 Å². The minimum Gasteiger partial charge on any atom is -0.490 e. The lowest BCUT2D eigenvalue weighted by molar-refractivity contribution is -0.119. The van der Waals surface area contributed by atoms with Crippen LogP contribution in [0.5, 0.6) is 5.75 Å². The predicted molar refractivity (Wildman–Crippen MR) is 114 cm³/mol. The second-order valence-corrected chi connectivity index (χ2v) is 8.45. The standard InChI is InChI=1S/C19H20BrN3O4S/c1-3-11-27-16-8-6-7-15(12-16)13-21-22-19(24)14-23(28(2,25)26)18-10-5-4-9-17(18)20/h3-10,12-13H,1,11,14H2,2H3,(H,22,24)/b21-13-. The highest BCUT2D eigenvalue weighted by Crippen LogP contribution is 2.27. The molecule has 1 amide bonds. The van der Waals surface area contributed by atoms with Gasteiger partial charge in [-0.3, -0.25) is 9.10 Å². The summed E-state index contributed by atoms with van der Waals surface area (Å²) in [6.45, 7) is 3.57. The van der Waals surface area contributed by atoms with E-state index in [1.165, 1.54) is 6.21 Å². The van der Waals surface area contributed by atoms with Gasteiger partial charge in [0, 0.05) is 4.47 Å². The van der Waals surface area contributed by atoms with E-state index in [0.29, 0.717) is 28.1 Å². The third kappa shape index (κ3) is 6.50. The maximum atomic E-state index is 12.2. The molecule has 0 unspecified atom stereocenters. The third-order valence-electron chi connectivity index (χ3n) is 3.44. The summed E-state index contributed by atoms with van der Waals surface area (Å²) in [5.41, 5.74) is 3.42. The second-order valence-electron chi connectivity index (χ2n) is 5.69. The molecule has 0 spiro atoms. The predicted octanol–water partition coefficient (Wildman–Crippen LogP) is 2.93. The number of carbonyl (C=O) groups is 1. The lowest BCUT2D eigenvalue weighted by atomic mass is 10.2. The van der Waals surface area contributed by atoms with Crippen molar-refractivity contribution in [2.24, 2.45) is 5.10 Å². The van der Waals surface area contributed by atoms with Gasteiger partial charge in [-0.25, -0.2) is 13.8 Å². The summed E-state index contributed by atoms with van der Waals surface area (Å²) in [7, 11) is -3.66. The lowest BCUT2D eigenvalue weighted by Crippen LogP contribution is -2.39. The number of hydrazone groups is 1. The smallest absolute Gasteiger partial charge is 0.260 e. The van der Waals surface area contributed by atoms with Crippen molar-refractivity contribution in [1.29, 1.82) is 0 Å². The van der Waals surface area contributed by atoms with E-state index in [0.717, 1.165) is 10.6 Å². The number of hydrogen-bond donors (Lipinski definition) is 1. The summed E-state index contributed by atoms with van der Waals surface area (Å²) >= 11 is 3.30. The van der Waals surface area contributed by atoms with E-state index in [2.05, 4.69) is 33.0 Å². The van der Waals surface area contributed by atoms with Crippen LogP contribution in [0, 0.1) is 0 Å². The van der Waals surface area contributed by atoms with Gasteiger partial charge in [-0.2, -0.15) is 5.10 Å². The van der Waals surface area contributed by atoms with E-state index < -0.39 is 22.5 Å². The molecule has 9 heteroatoms. The third-order valence-corrected chi connectivity index (χ3v) is 5.23. The van der Waals surface area contributed by atoms with Crippen LogP contribution in [0.4, 0.5) is 5.69 Å². The van der Waals surface area contributed by atoms with Gasteiger partial charge in [-0.1, -0.05) is 36.9 Å². The molecule has 0 aliphatic carbocycles. The molecule has 28 heavy (non-hydrogen) atoms. The van der Waals surface area contributed by atoms with Crippen LogP contribution in [0.1, 0.15) is 5.56 Å². The molecule has 7 nitrogen and oxygen atoms in total. The van der Waals surface area contributed by atoms with Crippen molar-refractivity contribution in [3.05, 3.63) is 71.2 Å². The molecule has 1 N–H and O–H groups in total. The number of hydrogen-bond acceptors (Lipinski definition) is 5. The molecule has 148 valence electrons. The fourth-order valence-electron chi connectivity index (χ4n) is 2.22. The molecule has 0 saturated heterocycles. The van der Waals surface area contributed by atoms with E-state index in [1.807, 2.05) is 0 Å². The first-order chi connectivity index (χ1) is 13.3. The summed E-state index contributed by atoms with van der Waals surface area (Å²) in [5, 5.41) is 3.88. The molecule has 0 fully saturated rings. The average molecular weight is 466 g/mol. The van der Waals surface area contributed by atoms with Crippen molar-refractivity contribution in [1.82, 2.24) is 5.43 Å². The first kappa shape index (κ1) is 21.6. The highest BCUT2D eigenvalue weighted by Gasteiger charge is 2.22. The number of halogens is 1. The largest absolute Gasteiger partial charge is 0.490 e. The number of benzene rings is 2. The number of nitrogens with zero attached hydrogens (tertiary/aromatic N) is 2. The zero-order chi connectivity index (χ0) is 20.6. The highest BCUT2D eigenvalue weighted by molar-refractivity contribution is 9.10. The Morgan fingerprint density at radius 3 is 2.71 bits per heavy atom. The van der Waals surface area contributed by atoms with Crippen LogP contribution in [0.3, 0.4) is 0 Å². The van der Waals surface area contributed by atoms with Gasteiger partial charge < -0.3 is 4.74 Å². The Labute approximate surface area is 172 Å². The van der Waals surface area contributed by atoms with Crippen LogP contribution in [-0.4, -0.2) is 39.9 Å². The second kappa shape index (κ2) is 10.0. The normalized spacial score (nSPS) is 11.2. The maximum Gasteiger partial charge on any atom is 0.260 e. The van der Waals surface area contributed by atoms with E-state index >= 15 is 0 Å². The molecule has 0 aliphatic heterocycles. The summed E-state index contributed by atoms with van der Waals surface area (Å²) in [5.74, 6) is 0.0730. The number of nitrogens with one attached hydrogen (secondary N) is 1. The van der Waals surface area contributed by atoms with E-state index in [-0.39, 0.29) is 0 Å². The molecule has 2 aromatic carbocycles. The van der Waals surface area contributed by atoms with Crippen LogP contribution in [0.15, 0.2) is 70.8 Å². The summed E-state index contributed by atoms with van der Waals surface area (Å²) in [6.07, 6.45) is 4.12. The van der Waals surface area contributed by atoms with Gasteiger partial charge in [-0.15, -0.1) is 0 Å². The van der Waals surface area contributed by atoms with Crippen molar-refractivity contribution in [3.63, 3.8) is 0 Å². The number of ether oxygens (including phenoxy) is 1. The molecular formula is C19H20BrN3O4S. The number of para-hydroxylation sites is 1. The number of amides is 1. The van der Waals surface area contributed by atoms with E-state index in [9.17, 15) is 13.2 Å². The molecule has 0 aromatic heterocycles. The van der Waals surface area contributed by atoms with Crippen LogP contribution in [-0.2, 0) is 14.8 Å². The number of sulfonamides is 1. The van der Waals surface area contributed by atoms with Crippen molar-refractivity contribution in [2.75, 3.05) is 23.7 Å². The van der Waals surface area contributed by atoms with Gasteiger partial charge in [0.05, 0.1) is 18.2 Å². The Morgan fingerprint density at radius 2 is 2.04 bits per heavy atom. The van der Waals surface area contributed by atoms with E-state index in [4.69, 9.17) is 4.74 Å². The van der Waals surface area contributed by atoms with Gasteiger partial charge in [0.25, 0.3) is 5.91 Å². The Hall–Kier alpha value is -2.65. The van der Waals surface area contributed by atoms with Gasteiger partial charge in [-0.05, 0) is 45.8 Å². The van der Waals surface area contributed by atoms with Crippen LogP contribution in [0.25, 0.3) is 0 Å². The quantitative estimate of drug-likeness (QED) is 0.350. The molecule has 0 atom stereocenters. The zero-order valence-corrected chi connectivity index (χ0v) is 17.6. The number of rotatable bonds is 9. The zero-order valence-electron chi connectivity index (χ0n) is 15.2. The van der Waals surface area contributed by atoms with E-state index in [1.54, 1.807) is 54.6 Å². The fraction of sp³-hybridized carbons (Fsp3) is 0.158. The maximum absolute atomic E-state index is 12.2. The minimum absolute atomic E-state index is 0.371. The van der Waals surface area contributed by atoms with Gasteiger partial charge in [0.2, 0.25) is 10.0 Å². The molecule has 0 aliphatic rings. The average Bonchev–Trinajstić information content (AvgIpc) is 2.65. The lowest BCUT2D eigenvalue weighted by Gasteiger charge is -2.22. The van der Waals surface area contributed by atoms with Crippen LogP contribution < -0.4 is 14.5 Å². The SMILES string of the molecule is C=CCOc1cccc(/C=N\NC(=O)CN(c2ccccc2Br)S(C)(=O)=O)c1. The Bertz CT molecular complexity index is 977. The molecule has 2 rings (SSSR count). The topological polar surface area (TPSA) is 88.1 Å². The molecule has 0 radical (unpaired) electrons. The van der Waals surface area contributed by atoms with Crippen LogP contribution in [0.2, 0.25) is 0 Å². The first-order valence-corrected chi connectivity index (χ1v) is 10.8. The molecule has 0 bridgehead atoms. The van der Waals surface area contributed by atoms with Gasteiger partial charge in [0.1, 0.15) is 18.9 Å². The monoisotopic (exact) mass is 465 g/mol. The van der Waals surface area contributed by atoms with Crippen molar-refractivity contribution in [3.8, 4) is 5.75 Å².